The van der Waals surface area contributed by atoms with Gasteiger partial charge in [0.15, 0.2) is 5.13 Å². The van der Waals surface area contributed by atoms with Crippen LogP contribution in [0.5, 0.6) is 0 Å². The zero-order chi connectivity index (χ0) is 13.4. The van der Waals surface area contributed by atoms with Crippen LogP contribution in [-0.2, 0) is 6.54 Å². The number of hydrogen-bond donors (Lipinski definition) is 1. The maximum absolute atomic E-state index is 4.69. The molecule has 0 fully saturated rings. The highest BCUT2D eigenvalue weighted by molar-refractivity contribution is 7.13. The molecule has 0 aliphatic rings. The van der Waals surface area contributed by atoms with Crippen LogP contribution >= 0.6 is 11.3 Å². The Balaban J connectivity index is 2.45. The molecule has 0 amide bonds. The van der Waals surface area contributed by atoms with E-state index in [2.05, 4.69) is 53.4 Å². The number of rotatable bonds is 9. The molecule has 0 bridgehead atoms. The van der Waals surface area contributed by atoms with Crippen LogP contribution < -0.4 is 10.2 Å². The van der Waals surface area contributed by atoms with Gasteiger partial charge in [-0.15, -0.1) is 11.3 Å². The maximum Gasteiger partial charge on any atom is 0.185 e. The molecule has 1 heterocycles. The van der Waals surface area contributed by atoms with Crippen molar-refractivity contribution in [2.75, 3.05) is 45.2 Å². The van der Waals surface area contributed by atoms with E-state index in [9.17, 15) is 0 Å². The topological polar surface area (TPSA) is 31.4 Å². The molecule has 0 aliphatic carbocycles. The van der Waals surface area contributed by atoms with Crippen molar-refractivity contribution in [3.8, 4) is 0 Å². The van der Waals surface area contributed by atoms with Gasteiger partial charge in [-0.1, -0.05) is 6.92 Å². The van der Waals surface area contributed by atoms with Crippen molar-refractivity contribution in [3.05, 3.63) is 11.1 Å². The largest absolute Gasteiger partial charge is 0.348 e. The summed E-state index contributed by atoms with van der Waals surface area (Å²) >= 11 is 1.75. The fourth-order valence-electron chi connectivity index (χ4n) is 1.74. The first-order valence-corrected chi connectivity index (χ1v) is 7.60. The molecule has 1 aromatic rings. The molecule has 0 saturated heterocycles. The summed E-state index contributed by atoms with van der Waals surface area (Å²) in [4.78, 5) is 9.28. The van der Waals surface area contributed by atoms with Gasteiger partial charge < -0.3 is 15.1 Å². The van der Waals surface area contributed by atoms with Gasteiger partial charge in [0.05, 0.1) is 5.69 Å². The van der Waals surface area contributed by atoms with Crippen LogP contribution in [0.25, 0.3) is 0 Å². The second kappa shape index (κ2) is 8.45. The molecule has 18 heavy (non-hydrogen) atoms. The van der Waals surface area contributed by atoms with Gasteiger partial charge in [0.1, 0.15) is 0 Å². The van der Waals surface area contributed by atoms with Crippen LogP contribution in [0.4, 0.5) is 5.13 Å². The summed E-state index contributed by atoms with van der Waals surface area (Å²) in [5.41, 5.74) is 1.16. The highest BCUT2D eigenvalue weighted by Crippen LogP contribution is 2.20. The average molecular weight is 270 g/mol. The molecule has 1 N–H and O–H groups in total. The van der Waals surface area contributed by atoms with Gasteiger partial charge in [-0.25, -0.2) is 4.98 Å². The van der Waals surface area contributed by atoms with Gasteiger partial charge in [-0.05, 0) is 40.5 Å². The zero-order valence-corrected chi connectivity index (χ0v) is 12.9. The molecule has 104 valence electrons. The highest BCUT2D eigenvalue weighted by atomic mass is 32.1. The van der Waals surface area contributed by atoms with Crippen LogP contribution in [0, 0.1) is 0 Å². The monoisotopic (exact) mass is 270 g/mol. The van der Waals surface area contributed by atoms with Gasteiger partial charge in [0.25, 0.3) is 0 Å². The highest BCUT2D eigenvalue weighted by Gasteiger charge is 2.09. The lowest BCUT2D eigenvalue weighted by atomic mass is 10.3. The minimum Gasteiger partial charge on any atom is -0.348 e. The lowest BCUT2D eigenvalue weighted by Crippen LogP contribution is -2.27. The van der Waals surface area contributed by atoms with Gasteiger partial charge in [-0.3, -0.25) is 0 Å². The van der Waals surface area contributed by atoms with Crippen molar-refractivity contribution in [2.45, 2.75) is 26.8 Å². The second-order valence-electron chi connectivity index (χ2n) is 4.64. The Hall–Kier alpha value is -0.650. The number of aromatic nitrogens is 1. The molecular weight excluding hydrogens is 244 g/mol. The molecule has 0 saturated carbocycles. The first-order valence-electron chi connectivity index (χ1n) is 6.72. The first kappa shape index (κ1) is 15.4. The van der Waals surface area contributed by atoms with Gasteiger partial charge >= 0.3 is 0 Å². The number of nitrogens with one attached hydrogen (secondary N) is 1. The second-order valence-corrected chi connectivity index (χ2v) is 5.47. The normalized spacial score (nSPS) is 11.2. The van der Waals surface area contributed by atoms with Crippen LogP contribution in [0.2, 0.25) is 0 Å². The van der Waals surface area contributed by atoms with Crippen molar-refractivity contribution < 1.29 is 0 Å². The van der Waals surface area contributed by atoms with Gasteiger partial charge in [-0.2, -0.15) is 0 Å². The summed E-state index contributed by atoms with van der Waals surface area (Å²) in [6.45, 7) is 9.43. The molecule has 1 rings (SSSR count). The quantitative estimate of drug-likeness (QED) is 0.744. The SMILES string of the molecule is CCNCc1csc(N(CC)CCCN(C)C)n1. The number of anilines is 1. The fraction of sp³-hybridized carbons (Fsp3) is 0.769. The Kier molecular flexibility index (Phi) is 7.23. The number of nitrogens with zero attached hydrogens (tertiary/aromatic N) is 3. The average Bonchev–Trinajstić information content (AvgIpc) is 2.80. The predicted molar refractivity (Wildman–Crippen MR) is 80.6 cm³/mol. The third kappa shape index (κ3) is 5.33. The van der Waals surface area contributed by atoms with E-state index in [1.54, 1.807) is 11.3 Å². The lowest BCUT2D eigenvalue weighted by Gasteiger charge is -2.20. The van der Waals surface area contributed by atoms with Gasteiger partial charge in [0, 0.05) is 25.0 Å². The van der Waals surface area contributed by atoms with Crippen molar-refractivity contribution >= 4 is 16.5 Å². The minimum absolute atomic E-state index is 0.877. The van der Waals surface area contributed by atoms with E-state index in [1.807, 2.05) is 0 Å². The standard InChI is InChI=1S/C13H26N4S/c1-5-14-10-12-11-18-13(15-12)17(6-2)9-7-8-16(3)4/h11,14H,5-10H2,1-4H3. The minimum atomic E-state index is 0.877. The van der Waals surface area contributed by atoms with E-state index in [1.165, 1.54) is 6.42 Å². The number of hydrogen-bond acceptors (Lipinski definition) is 5. The molecular formula is C13H26N4S. The van der Waals surface area contributed by atoms with E-state index in [0.717, 1.165) is 43.5 Å². The fourth-order valence-corrected chi connectivity index (χ4v) is 2.66. The molecule has 0 aromatic carbocycles. The molecule has 0 aliphatic heterocycles. The van der Waals surface area contributed by atoms with E-state index in [-0.39, 0.29) is 0 Å². The third-order valence-corrected chi connectivity index (χ3v) is 3.73. The van der Waals surface area contributed by atoms with Crippen LogP contribution in [0.15, 0.2) is 5.38 Å². The molecule has 0 atom stereocenters. The van der Waals surface area contributed by atoms with Gasteiger partial charge in [0.2, 0.25) is 0 Å². The van der Waals surface area contributed by atoms with E-state index >= 15 is 0 Å². The summed E-state index contributed by atoms with van der Waals surface area (Å²) < 4.78 is 0. The summed E-state index contributed by atoms with van der Waals surface area (Å²) in [6, 6.07) is 0. The van der Waals surface area contributed by atoms with Crippen molar-refractivity contribution in [1.82, 2.24) is 15.2 Å². The van der Waals surface area contributed by atoms with Crippen molar-refractivity contribution in [2.24, 2.45) is 0 Å². The third-order valence-electron chi connectivity index (χ3n) is 2.78. The first-order chi connectivity index (χ1) is 8.67. The maximum atomic E-state index is 4.69. The van der Waals surface area contributed by atoms with Crippen molar-refractivity contribution in [1.29, 1.82) is 0 Å². The summed E-state index contributed by atoms with van der Waals surface area (Å²) in [6.07, 6.45) is 1.18. The van der Waals surface area contributed by atoms with E-state index in [0.29, 0.717) is 0 Å². The van der Waals surface area contributed by atoms with Crippen LogP contribution in [0.3, 0.4) is 0 Å². The van der Waals surface area contributed by atoms with Crippen LogP contribution in [-0.4, -0.2) is 50.2 Å². The lowest BCUT2D eigenvalue weighted by molar-refractivity contribution is 0.400. The summed E-state index contributed by atoms with van der Waals surface area (Å²) in [7, 11) is 4.24. The Labute approximate surface area is 115 Å². The molecule has 0 unspecified atom stereocenters. The predicted octanol–water partition coefficient (Wildman–Crippen LogP) is 2.03. The Morgan fingerprint density at radius 3 is 2.67 bits per heavy atom. The summed E-state index contributed by atoms with van der Waals surface area (Å²) in [5.74, 6) is 0. The van der Waals surface area contributed by atoms with E-state index < -0.39 is 0 Å². The van der Waals surface area contributed by atoms with E-state index in [4.69, 9.17) is 0 Å². The Bertz CT molecular complexity index is 325. The number of thiazole rings is 1. The zero-order valence-electron chi connectivity index (χ0n) is 12.1. The molecule has 0 radical (unpaired) electrons. The molecule has 5 heteroatoms. The molecule has 1 aromatic heterocycles. The summed E-state index contributed by atoms with van der Waals surface area (Å²) in [5, 5.41) is 6.63. The molecule has 0 spiro atoms. The van der Waals surface area contributed by atoms with Crippen molar-refractivity contribution in [3.63, 3.8) is 0 Å². The smallest absolute Gasteiger partial charge is 0.185 e. The molecule has 4 nitrogen and oxygen atoms in total. The Morgan fingerprint density at radius 1 is 1.28 bits per heavy atom. The van der Waals surface area contributed by atoms with Crippen LogP contribution in [0.1, 0.15) is 26.0 Å². The Morgan fingerprint density at radius 2 is 2.06 bits per heavy atom.